The molecule has 1 N–H and O–H groups in total. The standard InChI is InChI=1S/C25H48O4Si/c1-8-9-10-14-22(29-30(6,7)24(2,3)4)17-16-21-13-11-18-25(27,20-21)19-12-15-23(26)28-5/h16-17,21-22,27H,8-15,18-20H2,1-7H3/t21-,22?,25-/m0/s1. The van der Waals surface area contributed by atoms with Gasteiger partial charge in [0.15, 0.2) is 8.32 Å². The van der Waals surface area contributed by atoms with Crippen LogP contribution in [0.5, 0.6) is 0 Å². The molecular weight excluding hydrogens is 392 g/mol. The van der Waals surface area contributed by atoms with Crippen molar-refractivity contribution >= 4 is 14.3 Å². The van der Waals surface area contributed by atoms with Crippen LogP contribution in [0, 0.1) is 5.92 Å². The number of esters is 1. The van der Waals surface area contributed by atoms with Gasteiger partial charge in [0.1, 0.15) is 0 Å². The minimum atomic E-state index is -1.82. The van der Waals surface area contributed by atoms with E-state index in [1.807, 2.05) is 0 Å². The van der Waals surface area contributed by atoms with Crippen LogP contribution >= 0.6 is 0 Å². The zero-order valence-electron chi connectivity index (χ0n) is 20.8. The van der Waals surface area contributed by atoms with E-state index in [1.165, 1.54) is 26.4 Å². The number of rotatable bonds is 12. The minimum Gasteiger partial charge on any atom is -0.469 e. The lowest BCUT2D eigenvalue weighted by atomic mass is 9.75. The number of hydrogen-bond acceptors (Lipinski definition) is 4. The first-order valence-corrected chi connectivity index (χ1v) is 15.0. The van der Waals surface area contributed by atoms with E-state index in [1.54, 1.807) is 0 Å². The number of hydrogen-bond donors (Lipinski definition) is 1. The highest BCUT2D eigenvalue weighted by molar-refractivity contribution is 6.74. The third-order valence-electron chi connectivity index (χ3n) is 7.05. The molecule has 1 aliphatic carbocycles. The lowest BCUT2D eigenvalue weighted by Crippen LogP contribution is -2.43. The van der Waals surface area contributed by atoms with Crippen molar-refractivity contribution < 1.29 is 19.1 Å². The van der Waals surface area contributed by atoms with Gasteiger partial charge in [0, 0.05) is 6.42 Å². The van der Waals surface area contributed by atoms with Crippen LogP contribution in [0.1, 0.15) is 98.3 Å². The van der Waals surface area contributed by atoms with Crippen LogP contribution in [0.2, 0.25) is 18.1 Å². The Morgan fingerprint density at radius 1 is 1.27 bits per heavy atom. The normalized spacial score (nSPS) is 24.2. The van der Waals surface area contributed by atoms with Gasteiger partial charge in [-0.3, -0.25) is 4.79 Å². The summed E-state index contributed by atoms with van der Waals surface area (Å²) in [4.78, 5) is 11.4. The number of allylic oxidation sites excluding steroid dienone is 1. The molecule has 1 unspecified atom stereocenters. The molecule has 1 rings (SSSR count). The second-order valence-corrected chi connectivity index (χ2v) is 15.6. The number of methoxy groups -OCH3 is 1. The van der Waals surface area contributed by atoms with Gasteiger partial charge in [-0.1, -0.05) is 65.5 Å². The monoisotopic (exact) mass is 440 g/mol. The van der Waals surface area contributed by atoms with Crippen LogP contribution in [-0.4, -0.2) is 38.2 Å². The summed E-state index contributed by atoms with van der Waals surface area (Å²) >= 11 is 0. The summed E-state index contributed by atoms with van der Waals surface area (Å²) in [5.74, 6) is 0.196. The Labute approximate surface area is 186 Å². The maximum atomic E-state index is 11.4. The van der Waals surface area contributed by atoms with Crippen molar-refractivity contribution in [3.63, 3.8) is 0 Å². The van der Waals surface area contributed by atoms with Gasteiger partial charge >= 0.3 is 5.97 Å². The van der Waals surface area contributed by atoms with Gasteiger partial charge in [0.25, 0.3) is 0 Å². The van der Waals surface area contributed by atoms with Gasteiger partial charge in [0.05, 0.1) is 18.8 Å². The highest BCUT2D eigenvalue weighted by Crippen LogP contribution is 2.39. The second-order valence-electron chi connectivity index (χ2n) is 10.8. The molecule has 3 atom stereocenters. The summed E-state index contributed by atoms with van der Waals surface area (Å²) in [7, 11) is -0.402. The van der Waals surface area contributed by atoms with E-state index in [4.69, 9.17) is 9.16 Å². The fourth-order valence-corrected chi connectivity index (χ4v) is 5.37. The number of aliphatic hydroxyl groups is 1. The van der Waals surface area contributed by atoms with Crippen LogP contribution in [0.3, 0.4) is 0 Å². The number of ether oxygens (including phenoxy) is 1. The molecule has 5 heteroatoms. The largest absolute Gasteiger partial charge is 0.469 e. The first-order chi connectivity index (χ1) is 13.9. The molecule has 1 fully saturated rings. The average Bonchev–Trinajstić information content (AvgIpc) is 2.65. The van der Waals surface area contributed by atoms with E-state index >= 15 is 0 Å². The molecule has 4 nitrogen and oxygen atoms in total. The zero-order chi connectivity index (χ0) is 22.8. The van der Waals surface area contributed by atoms with Gasteiger partial charge in [0.2, 0.25) is 0 Å². The van der Waals surface area contributed by atoms with E-state index < -0.39 is 13.9 Å². The fourth-order valence-electron chi connectivity index (χ4n) is 4.07. The highest BCUT2D eigenvalue weighted by Gasteiger charge is 2.39. The summed E-state index contributed by atoms with van der Waals surface area (Å²) in [6.45, 7) is 13.8. The smallest absolute Gasteiger partial charge is 0.305 e. The minimum absolute atomic E-state index is 0.173. The Kier molecular flexibility index (Phi) is 11.3. The lowest BCUT2D eigenvalue weighted by molar-refractivity contribution is -0.141. The molecule has 0 radical (unpaired) electrons. The molecule has 1 saturated carbocycles. The molecule has 1 aliphatic rings. The molecule has 0 aromatic heterocycles. The Morgan fingerprint density at radius 3 is 2.57 bits per heavy atom. The number of carbonyl (C=O) groups is 1. The van der Waals surface area contributed by atoms with Gasteiger partial charge in [-0.2, -0.15) is 0 Å². The van der Waals surface area contributed by atoms with Gasteiger partial charge < -0.3 is 14.3 Å². The van der Waals surface area contributed by atoms with Crippen LogP contribution in [0.25, 0.3) is 0 Å². The average molecular weight is 441 g/mol. The maximum absolute atomic E-state index is 11.4. The first kappa shape index (κ1) is 27.4. The first-order valence-electron chi connectivity index (χ1n) is 12.1. The molecule has 0 bridgehead atoms. The lowest BCUT2D eigenvalue weighted by Gasteiger charge is -2.39. The third-order valence-corrected chi connectivity index (χ3v) is 11.6. The van der Waals surface area contributed by atoms with E-state index in [2.05, 4.69) is 52.9 Å². The van der Waals surface area contributed by atoms with Crippen molar-refractivity contribution in [1.29, 1.82) is 0 Å². The number of carbonyl (C=O) groups excluding carboxylic acids is 1. The van der Waals surface area contributed by atoms with E-state index in [0.29, 0.717) is 25.2 Å². The van der Waals surface area contributed by atoms with Crippen LogP contribution < -0.4 is 0 Å². The Hall–Kier alpha value is -0.653. The summed E-state index contributed by atoms with van der Waals surface area (Å²) in [6, 6.07) is 0. The molecule has 0 aromatic rings. The van der Waals surface area contributed by atoms with Crippen molar-refractivity contribution in [3.05, 3.63) is 12.2 Å². The Morgan fingerprint density at radius 2 is 1.97 bits per heavy atom. The third kappa shape index (κ3) is 9.65. The Balaban J connectivity index is 2.72. The summed E-state index contributed by atoms with van der Waals surface area (Å²) < 4.78 is 11.5. The van der Waals surface area contributed by atoms with E-state index in [0.717, 1.165) is 32.1 Å². The molecule has 0 spiro atoms. The molecule has 0 aliphatic heterocycles. The van der Waals surface area contributed by atoms with Gasteiger partial charge in [-0.25, -0.2) is 0 Å². The molecule has 0 heterocycles. The zero-order valence-corrected chi connectivity index (χ0v) is 21.8. The van der Waals surface area contributed by atoms with Crippen LogP contribution in [0.15, 0.2) is 12.2 Å². The van der Waals surface area contributed by atoms with Gasteiger partial charge in [-0.05, 0) is 62.6 Å². The van der Waals surface area contributed by atoms with Crippen molar-refractivity contribution in [2.75, 3.05) is 7.11 Å². The van der Waals surface area contributed by atoms with Crippen molar-refractivity contribution in [3.8, 4) is 0 Å². The van der Waals surface area contributed by atoms with Crippen LogP contribution in [0.4, 0.5) is 0 Å². The van der Waals surface area contributed by atoms with Gasteiger partial charge in [-0.15, -0.1) is 0 Å². The molecule has 0 saturated heterocycles. The molecular formula is C25H48O4Si. The summed E-state index contributed by atoms with van der Waals surface area (Å²) in [6.07, 6.45) is 15.0. The summed E-state index contributed by atoms with van der Waals surface area (Å²) in [5, 5.41) is 11.3. The second kappa shape index (κ2) is 12.4. The predicted molar refractivity (Wildman–Crippen MR) is 128 cm³/mol. The molecule has 0 amide bonds. The topological polar surface area (TPSA) is 55.8 Å². The van der Waals surface area contributed by atoms with Crippen molar-refractivity contribution in [1.82, 2.24) is 0 Å². The van der Waals surface area contributed by atoms with E-state index in [9.17, 15) is 9.90 Å². The SMILES string of the molecule is CCCCCC(C=C[C@@H]1CCC[C@](O)(CCCC(=O)OC)C1)O[Si](C)(C)C(C)(C)C. The quantitative estimate of drug-likeness (QED) is 0.157. The Bertz CT molecular complexity index is 538. The number of unbranched alkanes of at least 4 members (excludes halogenated alkanes) is 2. The molecule has 176 valence electrons. The van der Waals surface area contributed by atoms with E-state index in [-0.39, 0.29) is 17.1 Å². The van der Waals surface area contributed by atoms with Crippen molar-refractivity contribution in [2.24, 2.45) is 5.92 Å². The van der Waals surface area contributed by atoms with Crippen LogP contribution in [-0.2, 0) is 14.0 Å². The summed E-state index contributed by atoms with van der Waals surface area (Å²) in [5.41, 5.74) is -0.653. The molecule has 30 heavy (non-hydrogen) atoms. The van der Waals surface area contributed by atoms with Crippen molar-refractivity contribution in [2.45, 2.75) is 128 Å². The maximum Gasteiger partial charge on any atom is 0.305 e. The predicted octanol–water partition coefficient (Wildman–Crippen LogP) is 6.78. The fraction of sp³-hybridized carbons (Fsp3) is 0.880. The molecule has 0 aromatic carbocycles. The highest BCUT2D eigenvalue weighted by atomic mass is 28.4.